The Morgan fingerprint density at radius 2 is 1.20 bits per heavy atom. The van der Waals surface area contributed by atoms with E-state index in [-0.39, 0.29) is 5.02 Å². The van der Waals surface area contributed by atoms with E-state index in [1.165, 1.54) is 0 Å². The van der Waals surface area contributed by atoms with Gasteiger partial charge in [0.2, 0.25) is 0 Å². The van der Waals surface area contributed by atoms with Crippen LogP contribution in [0.3, 0.4) is 0 Å². The van der Waals surface area contributed by atoms with E-state index < -0.39 is 25.8 Å². The van der Waals surface area contributed by atoms with Crippen LogP contribution in [0.4, 0.5) is 0 Å². The van der Waals surface area contributed by atoms with Gasteiger partial charge in [-0.3, -0.25) is 9.13 Å². The molecule has 0 fully saturated rings. The lowest BCUT2D eigenvalue weighted by molar-refractivity contribution is 0.386. The molecule has 0 atom stereocenters. The molecule has 4 N–H and O–H groups in total. The number of halogens is 1. The molecule has 0 saturated carbocycles. The summed E-state index contributed by atoms with van der Waals surface area (Å²) in [5.74, 6) is 0. The zero-order valence-electron chi connectivity index (χ0n) is 7.11. The summed E-state index contributed by atoms with van der Waals surface area (Å²) < 4.78 is 21.7. The van der Waals surface area contributed by atoms with Crippen molar-refractivity contribution in [3.63, 3.8) is 0 Å². The van der Waals surface area contributed by atoms with E-state index in [2.05, 4.69) is 0 Å². The van der Waals surface area contributed by atoms with E-state index in [4.69, 9.17) is 31.2 Å². The maximum Gasteiger partial charge on any atom is 0.356 e. The Balaban J connectivity index is 3.43. The van der Waals surface area contributed by atoms with Crippen LogP contribution < -0.4 is 10.6 Å². The number of hydrogen-bond donors (Lipinski definition) is 4. The third kappa shape index (κ3) is 3.40. The van der Waals surface area contributed by atoms with E-state index in [1.807, 2.05) is 0 Å². The Morgan fingerprint density at radius 1 is 0.867 bits per heavy atom. The summed E-state index contributed by atoms with van der Waals surface area (Å²) in [4.78, 5) is 35.2. The Labute approximate surface area is 89.8 Å². The van der Waals surface area contributed by atoms with Crippen LogP contribution in [0.25, 0.3) is 0 Å². The average Bonchev–Trinajstić information content (AvgIpc) is 1.99. The van der Waals surface area contributed by atoms with Gasteiger partial charge in [-0.15, -0.1) is 0 Å². The molecule has 0 aliphatic heterocycles. The highest BCUT2D eigenvalue weighted by Crippen LogP contribution is 2.38. The maximum atomic E-state index is 10.8. The molecule has 84 valence electrons. The van der Waals surface area contributed by atoms with Crippen molar-refractivity contribution in [2.45, 2.75) is 0 Å². The van der Waals surface area contributed by atoms with Gasteiger partial charge in [-0.1, -0.05) is 11.6 Å². The van der Waals surface area contributed by atoms with Gasteiger partial charge in [-0.05, 0) is 18.2 Å². The summed E-state index contributed by atoms with van der Waals surface area (Å²) in [6, 6.07) is 2.66. The molecule has 15 heavy (non-hydrogen) atoms. The van der Waals surface area contributed by atoms with E-state index in [0.29, 0.717) is 0 Å². The average molecular weight is 273 g/mol. The molecule has 0 spiro atoms. The molecule has 0 radical (unpaired) electrons. The number of rotatable bonds is 2. The molecule has 0 aliphatic rings. The van der Waals surface area contributed by atoms with E-state index >= 15 is 0 Å². The lowest BCUT2D eigenvalue weighted by atomic mass is 10.4. The minimum absolute atomic E-state index is 0.144. The predicted molar refractivity (Wildman–Crippen MR) is 54.8 cm³/mol. The second-order valence-corrected chi connectivity index (χ2v) is 6.40. The Morgan fingerprint density at radius 3 is 1.47 bits per heavy atom. The van der Waals surface area contributed by atoms with Crippen molar-refractivity contribution in [2.75, 3.05) is 0 Å². The first-order valence-corrected chi connectivity index (χ1v) is 7.14. The molecule has 0 aromatic heterocycles. The van der Waals surface area contributed by atoms with Crippen LogP contribution in [0.1, 0.15) is 0 Å². The Bertz CT molecular complexity index is 434. The van der Waals surface area contributed by atoms with Crippen molar-refractivity contribution in [1.29, 1.82) is 0 Å². The molecule has 0 amide bonds. The SMILES string of the molecule is O=P(O)(O)c1cc(Cl)cc(P(=O)(O)O)c1. The van der Waals surface area contributed by atoms with Crippen molar-refractivity contribution < 1.29 is 28.7 Å². The fourth-order valence-electron chi connectivity index (χ4n) is 0.895. The minimum atomic E-state index is -4.57. The molecular formula is C6H7ClO6P2. The summed E-state index contributed by atoms with van der Waals surface area (Å²) in [6.45, 7) is 0. The quantitative estimate of drug-likeness (QED) is 0.561. The molecule has 1 aromatic carbocycles. The molecule has 9 heteroatoms. The highest BCUT2D eigenvalue weighted by molar-refractivity contribution is 7.61. The van der Waals surface area contributed by atoms with Crippen LogP contribution >= 0.6 is 26.8 Å². The van der Waals surface area contributed by atoms with Gasteiger partial charge in [-0.25, -0.2) is 0 Å². The van der Waals surface area contributed by atoms with E-state index in [9.17, 15) is 9.13 Å². The molecule has 0 heterocycles. The topological polar surface area (TPSA) is 115 Å². The lowest BCUT2D eigenvalue weighted by Crippen LogP contribution is -2.13. The van der Waals surface area contributed by atoms with Gasteiger partial charge in [0.15, 0.2) is 0 Å². The third-order valence-electron chi connectivity index (χ3n) is 1.54. The molecule has 1 rings (SSSR count). The van der Waals surface area contributed by atoms with Gasteiger partial charge in [0, 0.05) is 5.02 Å². The minimum Gasteiger partial charge on any atom is -0.321 e. The zero-order chi connectivity index (χ0) is 11.9. The molecular weight excluding hydrogens is 265 g/mol. The van der Waals surface area contributed by atoms with Crippen molar-refractivity contribution in [3.8, 4) is 0 Å². The monoisotopic (exact) mass is 272 g/mol. The van der Waals surface area contributed by atoms with Crippen molar-refractivity contribution in [3.05, 3.63) is 23.2 Å². The molecule has 1 aromatic rings. The van der Waals surface area contributed by atoms with Gasteiger partial charge in [-0.2, -0.15) is 0 Å². The van der Waals surface area contributed by atoms with Gasteiger partial charge in [0.25, 0.3) is 0 Å². The first kappa shape index (κ1) is 12.9. The van der Waals surface area contributed by atoms with Crippen LogP contribution in [0.5, 0.6) is 0 Å². The standard InChI is InChI=1S/C6H7ClO6P2/c7-4-1-5(14(8,9)10)3-6(2-4)15(11,12)13/h1-3H,(H2,8,9,10)(H2,11,12,13). The highest BCUT2D eigenvalue weighted by atomic mass is 35.5. The summed E-state index contributed by atoms with van der Waals surface area (Å²) in [5, 5.41) is -1.18. The van der Waals surface area contributed by atoms with Crippen LogP contribution in [0.2, 0.25) is 5.02 Å². The number of benzene rings is 1. The largest absolute Gasteiger partial charge is 0.356 e. The fourth-order valence-corrected chi connectivity index (χ4v) is 2.61. The second kappa shape index (κ2) is 4.00. The van der Waals surface area contributed by atoms with Crippen molar-refractivity contribution in [1.82, 2.24) is 0 Å². The third-order valence-corrected chi connectivity index (χ3v) is 3.62. The highest BCUT2D eigenvalue weighted by Gasteiger charge is 2.24. The van der Waals surface area contributed by atoms with Crippen LogP contribution in [-0.4, -0.2) is 19.6 Å². The fraction of sp³-hybridized carbons (Fsp3) is 0. The van der Waals surface area contributed by atoms with Crippen molar-refractivity contribution >= 4 is 37.4 Å². The first-order valence-electron chi connectivity index (χ1n) is 3.53. The molecule has 0 unspecified atom stereocenters. The molecule has 0 saturated heterocycles. The summed E-state index contributed by atoms with van der Waals surface area (Å²) in [7, 11) is -9.14. The summed E-state index contributed by atoms with van der Waals surface area (Å²) >= 11 is 5.48. The van der Waals surface area contributed by atoms with Crippen molar-refractivity contribution in [2.24, 2.45) is 0 Å². The molecule has 0 bridgehead atoms. The van der Waals surface area contributed by atoms with E-state index in [1.54, 1.807) is 0 Å². The van der Waals surface area contributed by atoms with Gasteiger partial charge in [0.1, 0.15) is 0 Å². The predicted octanol–water partition coefficient (Wildman–Crippen LogP) is -0.0540. The molecule has 0 aliphatic carbocycles. The van der Waals surface area contributed by atoms with Crippen LogP contribution in [0.15, 0.2) is 18.2 Å². The second-order valence-electron chi connectivity index (χ2n) is 2.76. The summed E-state index contributed by atoms with van der Waals surface area (Å²) in [6.07, 6.45) is 0. The normalized spacial score (nSPS) is 12.9. The van der Waals surface area contributed by atoms with Gasteiger partial charge < -0.3 is 19.6 Å². The molecule has 6 nitrogen and oxygen atoms in total. The Kier molecular flexibility index (Phi) is 3.43. The van der Waals surface area contributed by atoms with Crippen LogP contribution in [0, 0.1) is 0 Å². The maximum absolute atomic E-state index is 10.8. The summed E-state index contributed by atoms with van der Waals surface area (Å²) in [5.41, 5.74) is 0. The van der Waals surface area contributed by atoms with E-state index in [0.717, 1.165) is 18.2 Å². The lowest BCUT2D eigenvalue weighted by Gasteiger charge is -2.08. The first-order chi connectivity index (χ1) is 6.60. The smallest absolute Gasteiger partial charge is 0.321 e. The van der Waals surface area contributed by atoms with Gasteiger partial charge >= 0.3 is 15.2 Å². The number of hydrogen-bond acceptors (Lipinski definition) is 2. The van der Waals surface area contributed by atoms with Crippen LogP contribution in [-0.2, 0) is 9.13 Å². The Hall–Kier alpha value is -0.190. The zero-order valence-corrected chi connectivity index (χ0v) is 9.65. The van der Waals surface area contributed by atoms with Gasteiger partial charge in [0.05, 0.1) is 10.6 Å².